The van der Waals surface area contributed by atoms with Crippen LogP contribution in [-0.2, 0) is 17.8 Å². The monoisotopic (exact) mass is 372 g/mol. The quantitative estimate of drug-likeness (QED) is 0.746. The summed E-state index contributed by atoms with van der Waals surface area (Å²) < 4.78 is 12.6. The van der Waals surface area contributed by atoms with Gasteiger partial charge in [-0.25, -0.2) is 0 Å². The number of methoxy groups -OCH3 is 2. The molecule has 1 unspecified atom stereocenters. The molecule has 27 heavy (non-hydrogen) atoms. The summed E-state index contributed by atoms with van der Waals surface area (Å²) in [5.41, 5.74) is 1.09. The van der Waals surface area contributed by atoms with Crippen LogP contribution >= 0.6 is 0 Å². The van der Waals surface area contributed by atoms with Crippen molar-refractivity contribution in [1.82, 2.24) is 19.7 Å². The fraction of sp³-hybridized carbons (Fsp3) is 0.474. The van der Waals surface area contributed by atoms with Crippen molar-refractivity contribution >= 4 is 11.7 Å². The molecule has 1 aromatic carbocycles. The SMILES string of the molecule is COc1cc(CC(=O)N2Cc3nnc(C)n3C(C)C2)c(C(C)=O)cc1OC. The summed E-state index contributed by atoms with van der Waals surface area (Å²) in [5, 5.41) is 8.28. The van der Waals surface area contributed by atoms with E-state index in [0.29, 0.717) is 35.7 Å². The number of Topliss-reactive ketones (excluding diaryl/α,β-unsaturated/α-hetero) is 1. The molecule has 0 spiro atoms. The summed E-state index contributed by atoms with van der Waals surface area (Å²) in [6, 6.07) is 3.43. The van der Waals surface area contributed by atoms with E-state index in [1.54, 1.807) is 17.0 Å². The van der Waals surface area contributed by atoms with Crippen LogP contribution < -0.4 is 9.47 Å². The fourth-order valence-electron chi connectivity index (χ4n) is 3.59. The molecular formula is C19H24N4O4. The number of nitrogens with zero attached hydrogens (tertiary/aromatic N) is 4. The highest BCUT2D eigenvalue weighted by atomic mass is 16.5. The van der Waals surface area contributed by atoms with Gasteiger partial charge in [-0.3, -0.25) is 9.59 Å². The Labute approximate surface area is 158 Å². The zero-order valence-electron chi connectivity index (χ0n) is 16.3. The molecule has 144 valence electrons. The maximum absolute atomic E-state index is 12.9. The van der Waals surface area contributed by atoms with Gasteiger partial charge in [0.2, 0.25) is 5.91 Å². The second-order valence-corrected chi connectivity index (χ2v) is 6.75. The Morgan fingerprint density at radius 2 is 1.85 bits per heavy atom. The minimum Gasteiger partial charge on any atom is -0.493 e. The molecule has 0 bridgehead atoms. The van der Waals surface area contributed by atoms with Crippen LogP contribution in [0, 0.1) is 6.92 Å². The number of aromatic nitrogens is 3. The molecule has 0 N–H and O–H groups in total. The summed E-state index contributed by atoms with van der Waals surface area (Å²) in [6.45, 7) is 6.41. The van der Waals surface area contributed by atoms with Crippen molar-refractivity contribution < 1.29 is 19.1 Å². The van der Waals surface area contributed by atoms with E-state index in [1.807, 2.05) is 13.8 Å². The highest BCUT2D eigenvalue weighted by Gasteiger charge is 2.29. The third kappa shape index (κ3) is 3.51. The molecule has 2 heterocycles. The average molecular weight is 372 g/mol. The minimum atomic E-state index is -0.124. The number of rotatable bonds is 5. The first kappa shape index (κ1) is 18.9. The van der Waals surface area contributed by atoms with Crippen molar-refractivity contribution in [3.05, 3.63) is 34.9 Å². The van der Waals surface area contributed by atoms with Gasteiger partial charge in [0.05, 0.1) is 33.2 Å². The minimum absolute atomic E-state index is 0.0662. The van der Waals surface area contributed by atoms with Crippen LogP contribution in [0.5, 0.6) is 11.5 Å². The maximum Gasteiger partial charge on any atom is 0.227 e. The van der Waals surface area contributed by atoms with Crippen molar-refractivity contribution in [2.45, 2.75) is 39.8 Å². The van der Waals surface area contributed by atoms with E-state index in [4.69, 9.17) is 9.47 Å². The second kappa shape index (κ2) is 7.38. The van der Waals surface area contributed by atoms with Gasteiger partial charge < -0.3 is 18.9 Å². The van der Waals surface area contributed by atoms with Crippen molar-refractivity contribution in [2.75, 3.05) is 20.8 Å². The van der Waals surface area contributed by atoms with Crippen molar-refractivity contribution in [1.29, 1.82) is 0 Å². The lowest BCUT2D eigenvalue weighted by Gasteiger charge is -2.32. The summed E-state index contributed by atoms with van der Waals surface area (Å²) in [4.78, 5) is 26.8. The first-order valence-corrected chi connectivity index (χ1v) is 8.79. The molecule has 0 radical (unpaired) electrons. The number of hydrogen-bond donors (Lipinski definition) is 0. The van der Waals surface area contributed by atoms with Crippen molar-refractivity contribution in [3.63, 3.8) is 0 Å². The van der Waals surface area contributed by atoms with Gasteiger partial charge in [0, 0.05) is 12.1 Å². The second-order valence-electron chi connectivity index (χ2n) is 6.75. The van der Waals surface area contributed by atoms with Crippen LogP contribution in [0.15, 0.2) is 12.1 Å². The molecular weight excluding hydrogens is 348 g/mol. The summed E-state index contributed by atoms with van der Waals surface area (Å²) in [7, 11) is 3.04. The number of fused-ring (bicyclic) bond motifs is 1. The van der Waals surface area contributed by atoms with E-state index in [1.165, 1.54) is 21.1 Å². The molecule has 0 fully saturated rings. The molecule has 3 rings (SSSR count). The number of aryl methyl sites for hydroxylation is 1. The van der Waals surface area contributed by atoms with E-state index >= 15 is 0 Å². The number of carbonyl (C=O) groups is 2. The Hall–Kier alpha value is -2.90. The van der Waals surface area contributed by atoms with Gasteiger partial charge in [0.1, 0.15) is 5.82 Å². The van der Waals surface area contributed by atoms with Crippen LogP contribution in [0.1, 0.15) is 47.5 Å². The molecule has 0 saturated heterocycles. The lowest BCUT2D eigenvalue weighted by atomic mass is 9.99. The lowest BCUT2D eigenvalue weighted by molar-refractivity contribution is -0.132. The standard InChI is InChI=1S/C19H24N4O4/c1-11-9-22(10-18-21-20-13(3)23(11)18)19(25)7-14-6-16(26-4)17(27-5)8-15(14)12(2)24/h6,8,11H,7,9-10H2,1-5H3. The number of ketones is 1. The van der Waals surface area contributed by atoms with Gasteiger partial charge in [0.25, 0.3) is 0 Å². The molecule has 2 aromatic rings. The molecule has 1 aliphatic rings. The fourth-order valence-corrected chi connectivity index (χ4v) is 3.59. The van der Waals surface area contributed by atoms with Crippen LogP contribution in [0.2, 0.25) is 0 Å². The highest BCUT2D eigenvalue weighted by Crippen LogP contribution is 2.31. The summed E-state index contributed by atoms with van der Waals surface area (Å²) in [6.07, 6.45) is 0.106. The summed E-state index contributed by atoms with van der Waals surface area (Å²) >= 11 is 0. The Balaban J connectivity index is 1.87. The smallest absolute Gasteiger partial charge is 0.227 e. The largest absolute Gasteiger partial charge is 0.493 e. The number of ether oxygens (including phenoxy) is 2. The predicted octanol–water partition coefficient (Wildman–Crippen LogP) is 1.95. The van der Waals surface area contributed by atoms with Crippen molar-refractivity contribution in [3.8, 4) is 11.5 Å². The number of carbonyl (C=O) groups excluding carboxylic acids is 2. The van der Waals surface area contributed by atoms with Gasteiger partial charge in [-0.05, 0) is 38.5 Å². The Morgan fingerprint density at radius 3 is 2.48 bits per heavy atom. The van der Waals surface area contributed by atoms with E-state index in [2.05, 4.69) is 14.8 Å². The van der Waals surface area contributed by atoms with Gasteiger partial charge in [-0.2, -0.15) is 0 Å². The van der Waals surface area contributed by atoms with E-state index < -0.39 is 0 Å². The van der Waals surface area contributed by atoms with E-state index in [0.717, 1.165) is 11.6 Å². The molecule has 0 aliphatic carbocycles. The zero-order chi connectivity index (χ0) is 19.7. The third-order valence-electron chi connectivity index (χ3n) is 4.88. The van der Waals surface area contributed by atoms with Crippen LogP contribution in [0.4, 0.5) is 0 Å². The first-order valence-electron chi connectivity index (χ1n) is 8.79. The van der Waals surface area contributed by atoms with Gasteiger partial charge in [-0.15, -0.1) is 10.2 Å². The molecule has 0 saturated carbocycles. The van der Waals surface area contributed by atoms with E-state index in [-0.39, 0.29) is 24.2 Å². The summed E-state index contributed by atoms with van der Waals surface area (Å²) in [5.74, 6) is 2.40. The number of amides is 1. The molecule has 8 nitrogen and oxygen atoms in total. The zero-order valence-corrected chi connectivity index (χ0v) is 16.3. The highest BCUT2D eigenvalue weighted by molar-refractivity contribution is 5.97. The molecule has 1 amide bonds. The van der Waals surface area contributed by atoms with Gasteiger partial charge in [-0.1, -0.05) is 0 Å². The number of hydrogen-bond acceptors (Lipinski definition) is 6. The Kier molecular flexibility index (Phi) is 5.16. The normalized spacial score (nSPS) is 16.0. The molecule has 1 aliphatic heterocycles. The maximum atomic E-state index is 12.9. The molecule has 8 heteroatoms. The average Bonchev–Trinajstić information content (AvgIpc) is 3.02. The topological polar surface area (TPSA) is 86.5 Å². The van der Waals surface area contributed by atoms with Crippen LogP contribution in [0.25, 0.3) is 0 Å². The van der Waals surface area contributed by atoms with E-state index in [9.17, 15) is 9.59 Å². The predicted molar refractivity (Wildman–Crippen MR) is 98.1 cm³/mol. The third-order valence-corrected chi connectivity index (χ3v) is 4.88. The molecule has 1 atom stereocenters. The van der Waals surface area contributed by atoms with Crippen LogP contribution in [-0.4, -0.2) is 52.1 Å². The lowest BCUT2D eigenvalue weighted by Crippen LogP contribution is -2.41. The van der Waals surface area contributed by atoms with Gasteiger partial charge >= 0.3 is 0 Å². The molecule has 1 aromatic heterocycles. The Bertz CT molecular complexity index is 890. The Morgan fingerprint density at radius 1 is 1.19 bits per heavy atom. The van der Waals surface area contributed by atoms with Gasteiger partial charge in [0.15, 0.2) is 23.1 Å². The first-order chi connectivity index (χ1) is 12.8. The van der Waals surface area contributed by atoms with Crippen LogP contribution in [0.3, 0.4) is 0 Å². The number of benzene rings is 1. The van der Waals surface area contributed by atoms with Crippen molar-refractivity contribution in [2.24, 2.45) is 0 Å².